The number of aromatic nitrogens is 2. The van der Waals surface area contributed by atoms with Gasteiger partial charge in [-0.2, -0.15) is 18.4 Å². The van der Waals surface area contributed by atoms with Crippen molar-refractivity contribution in [1.82, 2.24) is 9.13 Å². The predicted octanol–water partition coefficient (Wildman–Crippen LogP) is 4.22. The number of rotatable bonds is 3. The third-order valence-electron chi connectivity index (χ3n) is 5.04. The Balaban J connectivity index is 1.86. The lowest BCUT2D eigenvalue weighted by atomic mass is 10.1. The summed E-state index contributed by atoms with van der Waals surface area (Å²) in [5.41, 5.74) is -5.29. The Kier molecular flexibility index (Phi) is 5.37. The zero-order valence-electron chi connectivity index (χ0n) is 17.2. The standard InChI is InChI=1S/C23H13F4N3O4/c1-29-20(23(25,26)27)10-21(32)30(22(29)33)18-9-19(14(11-28)8-17(18)24)34-16-5-3-12-6-15(31)4-2-13(12)7-16/h2-10,31H,1H3. The quantitative estimate of drug-likeness (QED) is 0.452. The zero-order chi connectivity index (χ0) is 24.8. The summed E-state index contributed by atoms with van der Waals surface area (Å²) in [7, 11) is 0.799. The second-order valence-corrected chi connectivity index (χ2v) is 7.25. The van der Waals surface area contributed by atoms with E-state index >= 15 is 0 Å². The Hall–Kier alpha value is -4.59. The van der Waals surface area contributed by atoms with Gasteiger partial charge in [-0.15, -0.1) is 0 Å². The second kappa shape index (κ2) is 8.08. The van der Waals surface area contributed by atoms with Gasteiger partial charge in [0.2, 0.25) is 0 Å². The van der Waals surface area contributed by atoms with E-state index in [9.17, 15) is 37.5 Å². The molecule has 0 spiro atoms. The minimum absolute atomic E-state index is 0.0553. The Labute approximate surface area is 187 Å². The number of alkyl halides is 3. The van der Waals surface area contributed by atoms with Crippen LogP contribution in [-0.2, 0) is 13.2 Å². The fourth-order valence-electron chi connectivity index (χ4n) is 3.41. The van der Waals surface area contributed by atoms with E-state index in [-0.39, 0.29) is 38.0 Å². The van der Waals surface area contributed by atoms with Crippen LogP contribution in [0.1, 0.15) is 11.3 Å². The zero-order valence-corrected chi connectivity index (χ0v) is 17.2. The molecule has 0 saturated carbocycles. The molecule has 172 valence electrons. The van der Waals surface area contributed by atoms with Crippen molar-refractivity contribution >= 4 is 10.8 Å². The third-order valence-corrected chi connectivity index (χ3v) is 5.04. The third kappa shape index (κ3) is 3.97. The van der Waals surface area contributed by atoms with Crippen molar-refractivity contribution in [2.24, 2.45) is 7.05 Å². The van der Waals surface area contributed by atoms with Crippen LogP contribution in [0.5, 0.6) is 17.2 Å². The highest BCUT2D eigenvalue weighted by Gasteiger charge is 2.35. The molecular weight excluding hydrogens is 458 g/mol. The van der Waals surface area contributed by atoms with Crippen LogP contribution in [-0.4, -0.2) is 14.2 Å². The van der Waals surface area contributed by atoms with Gasteiger partial charge in [-0.05, 0) is 41.1 Å². The van der Waals surface area contributed by atoms with Crippen LogP contribution < -0.4 is 16.0 Å². The van der Waals surface area contributed by atoms with Gasteiger partial charge in [0, 0.05) is 19.2 Å². The van der Waals surface area contributed by atoms with Crippen LogP contribution in [0.2, 0.25) is 0 Å². The first-order valence-electron chi connectivity index (χ1n) is 9.54. The summed E-state index contributed by atoms with van der Waals surface area (Å²) >= 11 is 0. The van der Waals surface area contributed by atoms with E-state index in [1.165, 1.54) is 18.2 Å². The first-order chi connectivity index (χ1) is 16.0. The highest BCUT2D eigenvalue weighted by Crippen LogP contribution is 2.32. The molecule has 7 nitrogen and oxygen atoms in total. The SMILES string of the molecule is Cn1c(C(F)(F)F)cc(=O)n(-c2cc(Oc3ccc4cc(O)ccc4c3)c(C#N)cc2F)c1=O. The number of benzene rings is 3. The van der Waals surface area contributed by atoms with Crippen molar-refractivity contribution in [1.29, 1.82) is 5.26 Å². The Bertz CT molecular complexity index is 1610. The van der Waals surface area contributed by atoms with Gasteiger partial charge >= 0.3 is 11.9 Å². The molecule has 0 aliphatic rings. The lowest BCUT2D eigenvalue weighted by Crippen LogP contribution is -2.41. The first-order valence-corrected chi connectivity index (χ1v) is 9.54. The van der Waals surface area contributed by atoms with Gasteiger partial charge in [-0.1, -0.05) is 12.1 Å². The number of phenols is 1. The maximum Gasteiger partial charge on any atom is 0.431 e. The summed E-state index contributed by atoms with van der Waals surface area (Å²) in [6, 6.07) is 12.8. The average molecular weight is 471 g/mol. The van der Waals surface area contributed by atoms with Gasteiger partial charge in [0.25, 0.3) is 5.56 Å². The number of ether oxygens (including phenoxy) is 1. The second-order valence-electron chi connectivity index (χ2n) is 7.25. The molecule has 0 unspecified atom stereocenters. The fourth-order valence-corrected chi connectivity index (χ4v) is 3.41. The van der Waals surface area contributed by atoms with Crippen LogP contribution in [0.3, 0.4) is 0 Å². The van der Waals surface area contributed by atoms with Crippen molar-refractivity contribution in [3.05, 3.63) is 92.5 Å². The van der Waals surface area contributed by atoms with Gasteiger partial charge in [-0.25, -0.2) is 13.8 Å². The molecule has 1 heterocycles. The van der Waals surface area contributed by atoms with Gasteiger partial charge in [0.1, 0.15) is 34.8 Å². The monoisotopic (exact) mass is 471 g/mol. The molecule has 0 amide bonds. The van der Waals surface area contributed by atoms with Crippen LogP contribution in [0.25, 0.3) is 16.5 Å². The number of nitrogens with zero attached hydrogens (tertiary/aromatic N) is 3. The number of hydrogen-bond acceptors (Lipinski definition) is 5. The van der Waals surface area contributed by atoms with Gasteiger partial charge in [-0.3, -0.25) is 9.36 Å². The number of halogens is 4. The summed E-state index contributed by atoms with van der Waals surface area (Å²) < 4.78 is 60.2. The minimum atomic E-state index is -4.98. The Morgan fingerprint density at radius 2 is 1.68 bits per heavy atom. The summed E-state index contributed by atoms with van der Waals surface area (Å²) in [4.78, 5) is 24.9. The van der Waals surface area contributed by atoms with E-state index in [1.54, 1.807) is 24.3 Å². The molecular formula is C23H13F4N3O4. The first kappa shape index (κ1) is 22.6. The maximum atomic E-state index is 14.8. The van der Waals surface area contributed by atoms with Crippen LogP contribution in [0.4, 0.5) is 17.6 Å². The van der Waals surface area contributed by atoms with Gasteiger partial charge in [0.05, 0.1) is 11.3 Å². The number of fused-ring (bicyclic) bond motifs is 1. The van der Waals surface area contributed by atoms with Crippen LogP contribution in [0, 0.1) is 17.1 Å². The summed E-state index contributed by atoms with van der Waals surface area (Å²) in [5.74, 6) is -1.15. The van der Waals surface area contributed by atoms with E-state index in [1.807, 2.05) is 0 Å². The summed E-state index contributed by atoms with van der Waals surface area (Å²) in [6.45, 7) is 0. The Morgan fingerprint density at radius 3 is 2.35 bits per heavy atom. The molecule has 1 aromatic heterocycles. The molecule has 0 saturated heterocycles. The molecule has 0 atom stereocenters. The molecule has 0 radical (unpaired) electrons. The summed E-state index contributed by atoms with van der Waals surface area (Å²) in [6.07, 6.45) is -4.98. The molecule has 4 rings (SSSR count). The number of hydrogen-bond donors (Lipinski definition) is 1. The Morgan fingerprint density at radius 1 is 1.00 bits per heavy atom. The van der Waals surface area contributed by atoms with Gasteiger partial charge in [0.15, 0.2) is 0 Å². The van der Waals surface area contributed by atoms with Gasteiger partial charge < -0.3 is 9.84 Å². The summed E-state index contributed by atoms with van der Waals surface area (Å²) in [5, 5.41) is 20.3. The maximum absolute atomic E-state index is 14.8. The molecule has 0 bridgehead atoms. The highest BCUT2D eigenvalue weighted by molar-refractivity contribution is 5.85. The smallest absolute Gasteiger partial charge is 0.431 e. The molecule has 0 aliphatic carbocycles. The average Bonchev–Trinajstić information content (AvgIpc) is 2.77. The molecule has 0 fully saturated rings. The van der Waals surface area contributed by atoms with E-state index < -0.39 is 34.6 Å². The molecule has 34 heavy (non-hydrogen) atoms. The fraction of sp³-hybridized carbons (Fsp3) is 0.0870. The van der Waals surface area contributed by atoms with Crippen LogP contribution >= 0.6 is 0 Å². The lowest BCUT2D eigenvalue weighted by Gasteiger charge is -2.15. The highest BCUT2D eigenvalue weighted by atomic mass is 19.4. The van der Waals surface area contributed by atoms with Crippen molar-refractivity contribution in [3.8, 4) is 29.0 Å². The predicted molar refractivity (Wildman–Crippen MR) is 113 cm³/mol. The van der Waals surface area contributed by atoms with E-state index in [0.29, 0.717) is 16.8 Å². The topological polar surface area (TPSA) is 97.2 Å². The minimum Gasteiger partial charge on any atom is -0.508 e. The number of phenolic OH excluding ortho intramolecular Hbond substituents is 1. The van der Waals surface area contributed by atoms with E-state index in [4.69, 9.17) is 4.74 Å². The van der Waals surface area contributed by atoms with E-state index in [2.05, 4.69) is 0 Å². The van der Waals surface area contributed by atoms with Crippen molar-refractivity contribution in [2.75, 3.05) is 0 Å². The van der Waals surface area contributed by atoms with Crippen molar-refractivity contribution < 1.29 is 27.4 Å². The largest absolute Gasteiger partial charge is 0.508 e. The van der Waals surface area contributed by atoms with Crippen LogP contribution in [0.15, 0.2) is 64.2 Å². The number of nitriles is 1. The molecule has 1 N–H and O–H groups in total. The van der Waals surface area contributed by atoms with Crippen molar-refractivity contribution in [3.63, 3.8) is 0 Å². The van der Waals surface area contributed by atoms with Crippen molar-refractivity contribution in [2.45, 2.75) is 6.18 Å². The molecule has 0 aliphatic heterocycles. The molecule has 3 aromatic carbocycles. The molecule has 11 heteroatoms. The number of aromatic hydroxyl groups is 1. The molecule has 4 aromatic rings. The lowest BCUT2D eigenvalue weighted by molar-refractivity contribution is -0.144. The normalized spacial score (nSPS) is 11.4. The van der Waals surface area contributed by atoms with E-state index in [0.717, 1.165) is 13.1 Å².